The lowest BCUT2D eigenvalue weighted by atomic mass is 10.2. The van der Waals surface area contributed by atoms with Gasteiger partial charge in [0.15, 0.2) is 5.65 Å². The van der Waals surface area contributed by atoms with Crippen molar-refractivity contribution in [2.45, 2.75) is 13.8 Å². The van der Waals surface area contributed by atoms with Crippen molar-refractivity contribution in [3.63, 3.8) is 0 Å². The summed E-state index contributed by atoms with van der Waals surface area (Å²) in [5.74, 6) is -0.449. The van der Waals surface area contributed by atoms with Crippen LogP contribution in [0.1, 0.15) is 23.0 Å². The Morgan fingerprint density at radius 2 is 1.83 bits per heavy atom. The molecule has 0 saturated carbocycles. The zero-order valence-electron chi connectivity index (χ0n) is 15.9. The second-order valence-electron chi connectivity index (χ2n) is 6.50. The molecule has 1 N–H and O–H groups in total. The summed E-state index contributed by atoms with van der Waals surface area (Å²) >= 11 is 0. The highest BCUT2D eigenvalue weighted by Gasteiger charge is 2.13. The van der Waals surface area contributed by atoms with Crippen molar-refractivity contribution in [1.29, 1.82) is 0 Å². The van der Waals surface area contributed by atoms with Crippen LogP contribution < -0.4 is 10.1 Å². The van der Waals surface area contributed by atoms with Crippen LogP contribution in [0.3, 0.4) is 0 Å². The number of carbonyl (C=O) groups excluding carboxylic acids is 2. The molecule has 7 heteroatoms. The first-order valence-corrected chi connectivity index (χ1v) is 9.02. The third-order valence-corrected chi connectivity index (χ3v) is 4.32. The Hall–Kier alpha value is -4.00. The summed E-state index contributed by atoms with van der Waals surface area (Å²) in [6, 6.07) is 18.0. The third-order valence-electron chi connectivity index (χ3n) is 4.32. The number of para-hydroxylation sites is 1. The van der Waals surface area contributed by atoms with E-state index >= 15 is 0 Å². The molecule has 0 aliphatic carbocycles. The average Bonchev–Trinajstić information content (AvgIpc) is 3.04. The van der Waals surface area contributed by atoms with Gasteiger partial charge in [-0.3, -0.25) is 9.59 Å². The van der Waals surface area contributed by atoms with Crippen LogP contribution in [0, 0.1) is 6.92 Å². The number of aryl methyl sites for hydroxylation is 1. The topological polar surface area (TPSA) is 86.1 Å². The van der Waals surface area contributed by atoms with E-state index in [0.717, 1.165) is 16.8 Å². The van der Waals surface area contributed by atoms with E-state index in [9.17, 15) is 9.59 Å². The number of carbonyl (C=O) groups is 2. The van der Waals surface area contributed by atoms with E-state index in [2.05, 4.69) is 15.4 Å². The molecule has 0 radical (unpaired) electrons. The molecule has 0 fully saturated rings. The summed E-state index contributed by atoms with van der Waals surface area (Å²) < 4.78 is 6.81. The first kappa shape index (κ1) is 18.4. The highest BCUT2D eigenvalue weighted by molar-refractivity contribution is 6.05. The molecule has 0 atom stereocenters. The number of nitrogens with one attached hydrogen (secondary N) is 1. The van der Waals surface area contributed by atoms with E-state index in [1.54, 1.807) is 29.1 Å². The maximum Gasteiger partial charge on any atom is 0.308 e. The van der Waals surface area contributed by atoms with Gasteiger partial charge < -0.3 is 10.1 Å². The zero-order valence-corrected chi connectivity index (χ0v) is 15.9. The minimum Gasteiger partial charge on any atom is -0.427 e. The van der Waals surface area contributed by atoms with E-state index in [1.165, 1.54) is 13.0 Å². The zero-order chi connectivity index (χ0) is 20.4. The molecule has 1 amide bonds. The maximum absolute atomic E-state index is 12.6. The van der Waals surface area contributed by atoms with Crippen LogP contribution in [0.25, 0.3) is 16.7 Å². The van der Waals surface area contributed by atoms with Gasteiger partial charge in [0.2, 0.25) is 0 Å². The Kier molecular flexibility index (Phi) is 4.78. The lowest BCUT2D eigenvalue weighted by Crippen LogP contribution is -2.12. The fourth-order valence-corrected chi connectivity index (χ4v) is 3.03. The highest BCUT2D eigenvalue weighted by atomic mass is 16.5. The fourth-order valence-electron chi connectivity index (χ4n) is 3.03. The van der Waals surface area contributed by atoms with Gasteiger partial charge in [0.05, 0.1) is 23.3 Å². The number of pyridine rings is 1. The molecule has 4 rings (SSSR count). The number of hydrogen-bond donors (Lipinski definition) is 1. The number of rotatable bonds is 4. The molecule has 29 heavy (non-hydrogen) atoms. The van der Waals surface area contributed by atoms with Gasteiger partial charge in [-0.05, 0) is 43.3 Å². The number of hydrogen-bond acceptors (Lipinski definition) is 5. The lowest BCUT2D eigenvalue weighted by Gasteiger charge is -2.07. The van der Waals surface area contributed by atoms with Gasteiger partial charge in [-0.2, -0.15) is 5.10 Å². The van der Waals surface area contributed by atoms with Crippen LogP contribution in [0.15, 0.2) is 66.9 Å². The van der Waals surface area contributed by atoms with Gasteiger partial charge in [0.25, 0.3) is 5.91 Å². The Bertz CT molecular complexity index is 1220. The molecule has 0 bridgehead atoms. The smallest absolute Gasteiger partial charge is 0.308 e. The number of aromatic nitrogens is 3. The van der Waals surface area contributed by atoms with Crippen LogP contribution in [-0.4, -0.2) is 26.6 Å². The minimum absolute atomic E-state index is 0.318. The minimum atomic E-state index is -0.442. The molecule has 7 nitrogen and oxygen atoms in total. The van der Waals surface area contributed by atoms with E-state index in [1.807, 2.05) is 43.3 Å². The molecular weight excluding hydrogens is 368 g/mol. The predicted octanol–water partition coefficient (Wildman–Crippen LogP) is 3.91. The molecule has 144 valence electrons. The van der Waals surface area contributed by atoms with E-state index in [4.69, 9.17) is 4.74 Å². The van der Waals surface area contributed by atoms with Gasteiger partial charge in [-0.25, -0.2) is 9.67 Å². The quantitative estimate of drug-likeness (QED) is 0.425. The normalized spacial score (nSPS) is 10.7. The Labute approximate surface area is 167 Å². The molecule has 0 aliphatic rings. The van der Waals surface area contributed by atoms with E-state index in [-0.39, 0.29) is 5.91 Å². The van der Waals surface area contributed by atoms with Gasteiger partial charge in [0.1, 0.15) is 5.75 Å². The Balaban J connectivity index is 1.62. The summed E-state index contributed by atoms with van der Waals surface area (Å²) in [5, 5.41) is 8.25. The monoisotopic (exact) mass is 386 g/mol. The second-order valence-corrected chi connectivity index (χ2v) is 6.50. The number of ether oxygens (including phenoxy) is 1. The average molecular weight is 386 g/mol. The molecule has 2 heterocycles. The van der Waals surface area contributed by atoms with E-state index in [0.29, 0.717) is 22.6 Å². The van der Waals surface area contributed by atoms with Crippen molar-refractivity contribution in [3.05, 3.63) is 78.1 Å². The van der Waals surface area contributed by atoms with Crippen LogP contribution in [0.2, 0.25) is 0 Å². The van der Waals surface area contributed by atoms with Crippen LogP contribution >= 0.6 is 0 Å². The fraction of sp³-hybridized carbons (Fsp3) is 0.0909. The Morgan fingerprint density at radius 3 is 2.59 bits per heavy atom. The summed E-state index contributed by atoms with van der Waals surface area (Å²) in [6.45, 7) is 3.21. The van der Waals surface area contributed by atoms with Crippen molar-refractivity contribution in [2.75, 3.05) is 5.32 Å². The first-order valence-electron chi connectivity index (χ1n) is 9.02. The molecule has 4 aromatic rings. The number of fused-ring (bicyclic) bond motifs is 1. The first-order chi connectivity index (χ1) is 14.0. The SMILES string of the molecule is CC(=O)Oc1cccc(C(=O)Nc2cnc3c(c2)c(C)nn3-c2ccccc2)c1. The van der Waals surface area contributed by atoms with Crippen LogP contribution in [0.4, 0.5) is 5.69 Å². The summed E-state index contributed by atoms with van der Waals surface area (Å²) in [6.07, 6.45) is 1.59. The summed E-state index contributed by atoms with van der Waals surface area (Å²) in [7, 11) is 0. The van der Waals surface area contributed by atoms with Crippen molar-refractivity contribution >= 4 is 28.6 Å². The van der Waals surface area contributed by atoms with Crippen molar-refractivity contribution in [3.8, 4) is 11.4 Å². The largest absolute Gasteiger partial charge is 0.427 e. The molecule has 0 spiro atoms. The second kappa shape index (κ2) is 7.55. The summed E-state index contributed by atoms with van der Waals surface area (Å²) in [4.78, 5) is 28.2. The molecule has 2 aromatic carbocycles. The molecule has 0 saturated heterocycles. The molecule has 0 unspecified atom stereocenters. The number of benzene rings is 2. The van der Waals surface area contributed by atoms with Crippen molar-refractivity contribution in [1.82, 2.24) is 14.8 Å². The van der Waals surface area contributed by atoms with Crippen LogP contribution in [0.5, 0.6) is 5.75 Å². The molecular formula is C22H18N4O3. The summed E-state index contributed by atoms with van der Waals surface area (Å²) in [5.41, 5.74) is 3.36. The maximum atomic E-state index is 12.6. The molecule has 0 aliphatic heterocycles. The lowest BCUT2D eigenvalue weighted by molar-refractivity contribution is -0.131. The Morgan fingerprint density at radius 1 is 1.03 bits per heavy atom. The predicted molar refractivity (Wildman–Crippen MR) is 109 cm³/mol. The number of esters is 1. The third kappa shape index (κ3) is 3.84. The number of anilines is 1. The van der Waals surface area contributed by atoms with Gasteiger partial charge in [-0.1, -0.05) is 24.3 Å². The van der Waals surface area contributed by atoms with Gasteiger partial charge in [0, 0.05) is 17.9 Å². The van der Waals surface area contributed by atoms with Gasteiger partial charge >= 0.3 is 5.97 Å². The standard InChI is InChI=1S/C22H18N4O3/c1-14-20-12-17(13-23-21(20)26(25-14)18-8-4-3-5-9-18)24-22(28)16-7-6-10-19(11-16)29-15(2)27/h3-13H,1-2H3,(H,24,28). The highest BCUT2D eigenvalue weighted by Crippen LogP contribution is 2.23. The van der Waals surface area contributed by atoms with E-state index < -0.39 is 5.97 Å². The molecule has 2 aromatic heterocycles. The van der Waals surface area contributed by atoms with Gasteiger partial charge in [-0.15, -0.1) is 0 Å². The van der Waals surface area contributed by atoms with Crippen molar-refractivity contribution in [2.24, 2.45) is 0 Å². The number of amides is 1. The van der Waals surface area contributed by atoms with Crippen molar-refractivity contribution < 1.29 is 14.3 Å². The van der Waals surface area contributed by atoms with Crippen LogP contribution in [-0.2, 0) is 4.79 Å². The number of nitrogens with zero attached hydrogens (tertiary/aromatic N) is 3.